The molecule has 1 aromatic carbocycles. The third kappa shape index (κ3) is 2.67. The maximum Gasteiger partial charge on any atom is 0.0233 e. The number of benzene rings is 1. The fourth-order valence-electron chi connectivity index (χ4n) is 0.997. The van der Waals surface area contributed by atoms with Crippen LogP contribution in [-0.4, -0.2) is 18.0 Å². The van der Waals surface area contributed by atoms with Crippen LogP contribution in [0.2, 0.25) is 0 Å². The van der Waals surface area contributed by atoms with Crippen molar-refractivity contribution in [3.63, 3.8) is 0 Å². The number of hydrogen-bond donors (Lipinski definition) is 0. The Labute approximate surface area is 75.0 Å². The Morgan fingerprint density at radius 1 is 1.33 bits per heavy atom. The van der Waals surface area contributed by atoms with Crippen LogP contribution in [0.1, 0.15) is 19.4 Å². The van der Waals surface area contributed by atoms with Gasteiger partial charge in [-0.1, -0.05) is 24.3 Å². The van der Waals surface area contributed by atoms with Crippen molar-refractivity contribution >= 4 is 0 Å². The highest BCUT2D eigenvalue weighted by atomic mass is 15.1. The summed E-state index contributed by atoms with van der Waals surface area (Å²) < 4.78 is 0. The fraction of sp³-hybridized carbons (Fsp3) is 0.455. The first-order valence-electron chi connectivity index (χ1n) is 4.35. The molecule has 0 saturated heterocycles. The van der Waals surface area contributed by atoms with Crippen LogP contribution in [0.5, 0.6) is 0 Å². The van der Waals surface area contributed by atoms with E-state index in [1.165, 1.54) is 5.56 Å². The van der Waals surface area contributed by atoms with Gasteiger partial charge in [0.1, 0.15) is 0 Å². The summed E-state index contributed by atoms with van der Waals surface area (Å²) in [6, 6.07) is 11.8. The Morgan fingerprint density at radius 2 is 1.92 bits per heavy atom. The van der Waals surface area contributed by atoms with Gasteiger partial charge < -0.3 is 0 Å². The van der Waals surface area contributed by atoms with Crippen LogP contribution in [0.4, 0.5) is 0 Å². The van der Waals surface area contributed by atoms with Crippen LogP contribution in [0.15, 0.2) is 24.3 Å². The summed E-state index contributed by atoms with van der Waals surface area (Å²) in [6.45, 7) is 5.43. The normalized spacial score (nSPS) is 11.1. The Bertz CT molecular complexity index is 216. The molecule has 0 heterocycles. The lowest BCUT2D eigenvalue weighted by molar-refractivity contribution is 0.266. The first-order chi connectivity index (χ1) is 5.70. The van der Waals surface area contributed by atoms with E-state index in [1.54, 1.807) is 0 Å². The Morgan fingerprint density at radius 3 is 2.42 bits per heavy atom. The summed E-state index contributed by atoms with van der Waals surface area (Å²) in [7, 11) is 2.14. The van der Waals surface area contributed by atoms with Crippen LogP contribution >= 0.6 is 0 Å². The largest absolute Gasteiger partial charge is 0.300 e. The van der Waals surface area contributed by atoms with Crippen molar-refractivity contribution < 1.29 is 0 Å². The molecule has 1 nitrogen and oxygen atoms in total. The summed E-state index contributed by atoms with van der Waals surface area (Å²) in [5, 5.41) is 0. The molecule has 0 bridgehead atoms. The van der Waals surface area contributed by atoms with Crippen LogP contribution < -0.4 is 0 Å². The van der Waals surface area contributed by atoms with Gasteiger partial charge in [0.25, 0.3) is 0 Å². The molecular weight excluding hydrogens is 146 g/mol. The summed E-state index contributed by atoms with van der Waals surface area (Å²) in [5.74, 6) is 0. The van der Waals surface area contributed by atoms with E-state index in [0.717, 1.165) is 6.54 Å². The highest BCUT2D eigenvalue weighted by molar-refractivity contribution is 5.13. The first kappa shape index (κ1) is 9.27. The molecule has 0 unspecified atom stereocenters. The van der Waals surface area contributed by atoms with E-state index < -0.39 is 0 Å². The predicted octanol–water partition coefficient (Wildman–Crippen LogP) is 2.33. The maximum absolute atomic E-state index is 3.02. The number of hydrogen-bond acceptors (Lipinski definition) is 1. The molecule has 1 radical (unpaired) electrons. The minimum atomic E-state index is 0.606. The molecule has 0 aliphatic carbocycles. The van der Waals surface area contributed by atoms with Gasteiger partial charge in [0, 0.05) is 12.6 Å². The maximum atomic E-state index is 3.02. The Balaban J connectivity index is 2.53. The van der Waals surface area contributed by atoms with Crippen LogP contribution in [0, 0.1) is 6.07 Å². The molecule has 0 fully saturated rings. The van der Waals surface area contributed by atoms with Crippen molar-refractivity contribution in [3.8, 4) is 0 Å². The fourth-order valence-corrected chi connectivity index (χ4v) is 0.997. The van der Waals surface area contributed by atoms with Gasteiger partial charge in [0.15, 0.2) is 0 Å². The second-order valence-corrected chi connectivity index (χ2v) is 3.42. The second kappa shape index (κ2) is 4.27. The van der Waals surface area contributed by atoms with Crippen molar-refractivity contribution in [1.82, 2.24) is 4.90 Å². The lowest BCUT2D eigenvalue weighted by Gasteiger charge is -2.20. The summed E-state index contributed by atoms with van der Waals surface area (Å²) in [5.41, 5.74) is 1.35. The Hall–Kier alpha value is -0.820. The molecule has 0 saturated carbocycles. The van der Waals surface area contributed by atoms with E-state index in [0.29, 0.717) is 6.04 Å². The monoisotopic (exact) mass is 162 g/mol. The molecule has 0 aromatic heterocycles. The van der Waals surface area contributed by atoms with Gasteiger partial charge in [0.2, 0.25) is 0 Å². The van der Waals surface area contributed by atoms with E-state index in [9.17, 15) is 0 Å². The molecule has 0 spiro atoms. The number of rotatable bonds is 3. The molecule has 0 N–H and O–H groups in total. The SMILES string of the molecule is CC(C)N(C)Cc1cc[c]cc1. The van der Waals surface area contributed by atoms with Crippen molar-refractivity contribution in [1.29, 1.82) is 0 Å². The van der Waals surface area contributed by atoms with Crippen molar-refractivity contribution in [2.24, 2.45) is 0 Å². The molecule has 1 rings (SSSR count). The lowest BCUT2D eigenvalue weighted by Crippen LogP contribution is -2.25. The summed E-state index contributed by atoms with van der Waals surface area (Å²) >= 11 is 0. The predicted molar refractivity (Wildman–Crippen MR) is 51.9 cm³/mol. The zero-order chi connectivity index (χ0) is 8.97. The van der Waals surface area contributed by atoms with Crippen molar-refractivity contribution in [2.75, 3.05) is 7.05 Å². The van der Waals surface area contributed by atoms with E-state index in [1.807, 2.05) is 12.1 Å². The molecule has 1 aromatic rings. The molecule has 12 heavy (non-hydrogen) atoms. The average molecular weight is 162 g/mol. The van der Waals surface area contributed by atoms with Gasteiger partial charge in [-0.3, -0.25) is 4.90 Å². The molecule has 65 valence electrons. The van der Waals surface area contributed by atoms with E-state index in [-0.39, 0.29) is 0 Å². The summed E-state index contributed by atoms with van der Waals surface area (Å²) in [4.78, 5) is 2.31. The molecule has 0 atom stereocenters. The summed E-state index contributed by atoms with van der Waals surface area (Å²) in [6.07, 6.45) is 0. The van der Waals surface area contributed by atoms with Gasteiger partial charge in [-0.2, -0.15) is 0 Å². The molecular formula is C11H16N. The van der Waals surface area contributed by atoms with Crippen LogP contribution in [0.25, 0.3) is 0 Å². The topological polar surface area (TPSA) is 3.24 Å². The molecule has 1 heteroatoms. The minimum absolute atomic E-state index is 0.606. The Kier molecular flexibility index (Phi) is 3.30. The van der Waals surface area contributed by atoms with Gasteiger partial charge in [-0.15, -0.1) is 0 Å². The molecule has 0 aliphatic heterocycles. The zero-order valence-electron chi connectivity index (χ0n) is 8.04. The van der Waals surface area contributed by atoms with E-state index in [4.69, 9.17) is 0 Å². The lowest BCUT2D eigenvalue weighted by atomic mass is 10.2. The van der Waals surface area contributed by atoms with Gasteiger partial charge in [-0.25, -0.2) is 0 Å². The van der Waals surface area contributed by atoms with Crippen LogP contribution in [-0.2, 0) is 6.54 Å². The average Bonchev–Trinajstić information content (AvgIpc) is 2.06. The van der Waals surface area contributed by atoms with Crippen molar-refractivity contribution in [2.45, 2.75) is 26.4 Å². The molecule has 0 aliphatic rings. The smallest absolute Gasteiger partial charge is 0.0233 e. The quantitative estimate of drug-likeness (QED) is 0.659. The highest BCUT2D eigenvalue weighted by Gasteiger charge is 2.02. The standard InChI is InChI=1S/C11H16N/c1-10(2)12(3)9-11-7-5-4-6-8-11/h5-8,10H,9H2,1-3H3. The zero-order valence-corrected chi connectivity index (χ0v) is 8.04. The third-order valence-corrected chi connectivity index (χ3v) is 2.10. The van der Waals surface area contributed by atoms with E-state index in [2.05, 4.69) is 44.0 Å². The van der Waals surface area contributed by atoms with E-state index >= 15 is 0 Å². The molecule has 0 amide bonds. The van der Waals surface area contributed by atoms with Gasteiger partial charge >= 0.3 is 0 Å². The second-order valence-electron chi connectivity index (χ2n) is 3.42. The number of nitrogens with zero attached hydrogens (tertiary/aromatic N) is 1. The third-order valence-electron chi connectivity index (χ3n) is 2.10. The minimum Gasteiger partial charge on any atom is -0.300 e. The van der Waals surface area contributed by atoms with Gasteiger partial charge in [0.05, 0.1) is 0 Å². The van der Waals surface area contributed by atoms with Crippen molar-refractivity contribution in [3.05, 3.63) is 35.9 Å². The van der Waals surface area contributed by atoms with Gasteiger partial charge in [-0.05, 0) is 32.5 Å². The first-order valence-corrected chi connectivity index (χ1v) is 4.35. The van der Waals surface area contributed by atoms with Crippen LogP contribution in [0.3, 0.4) is 0 Å². The highest BCUT2D eigenvalue weighted by Crippen LogP contribution is 2.04.